The number of amides is 2. The molecule has 6 atom stereocenters. The summed E-state index contributed by atoms with van der Waals surface area (Å²) in [6.45, 7) is 17.9. The van der Waals surface area contributed by atoms with Crippen LogP contribution in [-0.4, -0.2) is 79.6 Å². The first-order valence-electron chi connectivity index (χ1n) is 13.3. The summed E-state index contributed by atoms with van der Waals surface area (Å²) >= 11 is 1.63. The minimum absolute atomic E-state index is 0.139. The average Bonchev–Trinajstić information content (AvgIpc) is 3.38. The normalized spacial score (nSPS) is 31.8. The zero-order valence-corrected chi connectivity index (χ0v) is 23.4. The van der Waals surface area contributed by atoms with Gasteiger partial charge in [-0.3, -0.25) is 14.4 Å². The van der Waals surface area contributed by atoms with Gasteiger partial charge in [0.1, 0.15) is 6.04 Å². The SMILES string of the molecule is C=CCCCCOC(=O)[C@H]1[C@H]2C(=O)N([C@@H](CC)CO)C(C(=O)N(CC=C)C(C)(C)C)C23CC[C@]1(C)S3. The fourth-order valence-corrected chi connectivity index (χ4v) is 8.76. The fraction of sp³-hybridized carbons (Fsp3) is 0.750. The van der Waals surface area contributed by atoms with E-state index in [-0.39, 0.29) is 24.4 Å². The molecular formula is C28H44N2O5S. The van der Waals surface area contributed by atoms with Gasteiger partial charge in [0.05, 0.1) is 35.8 Å². The van der Waals surface area contributed by atoms with Crippen molar-refractivity contribution in [3.63, 3.8) is 0 Å². The largest absolute Gasteiger partial charge is 0.465 e. The summed E-state index contributed by atoms with van der Waals surface area (Å²) in [7, 11) is 0. The van der Waals surface area contributed by atoms with Gasteiger partial charge in [-0.05, 0) is 66.2 Å². The maximum absolute atomic E-state index is 14.3. The molecule has 2 bridgehead atoms. The number of carbonyl (C=O) groups is 3. The van der Waals surface area contributed by atoms with Crippen LogP contribution in [0.4, 0.5) is 0 Å². The highest BCUT2D eigenvalue weighted by Crippen LogP contribution is 2.72. The first-order chi connectivity index (χ1) is 16.9. The van der Waals surface area contributed by atoms with Crippen LogP contribution >= 0.6 is 11.8 Å². The third kappa shape index (κ3) is 4.75. The van der Waals surface area contributed by atoms with Gasteiger partial charge in [0.25, 0.3) is 0 Å². The molecule has 0 aromatic rings. The summed E-state index contributed by atoms with van der Waals surface area (Å²) in [5.74, 6) is -1.93. The van der Waals surface area contributed by atoms with E-state index in [0.717, 1.165) is 25.7 Å². The number of rotatable bonds is 12. The molecule has 2 unspecified atom stereocenters. The molecule has 3 heterocycles. The van der Waals surface area contributed by atoms with E-state index in [0.29, 0.717) is 26.0 Å². The summed E-state index contributed by atoms with van der Waals surface area (Å²) in [5, 5.41) is 10.2. The van der Waals surface area contributed by atoms with Crippen LogP contribution in [0, 0.1) is 11.8 Å². The average molecular weight is 521 g/mol. The summed E-state index contributed by atoms with van der Waals surface area (Å²) < 4.78 is 4.53. The van der Waals surface area contributed by atoms with Crippen LogP contribution in [0.15, 0.2) is 25.3 Å². The summed E-state index contributed by atoms with van der Waals surface area (Å²) in [6.07, 6.45) is 7.99. The van der Waals surface area contributed by atoms with E-state index in [1.807, 2.05) is 40.7 Å². The van der Waals surface area contributed by atoms with Crippen molar-refractivity contribution in [2.24, 2.45) is 11.8 Å². The monoisotopic (exact) mass is 520 g/mol. The zero-order chi connectivity index (χ0) is 26.9. The first-order valence-corrected chi connectivity index (χ1v) is 14.1. The predicted octanol–water partition coefficient (Wildman–Crippen LogP) is 3.95. The molecule has 202 valence electrons. The lowest BCUT2D eigenvalue weighted by Crippen LogP contribution is -2.60. The number of thioether (sulfide) groups is 1. The number of unbranched alkanes of at least 4 members (excludes halogenated alkanes) is 2. The van der Waals surface area contributed by atoms with E-state index < -0.39 is 39.0 Å². The molecular weight excluding hydrogens is 476 g/mol. The Kier molecular flexibility index (Phi) is 8.71. The molecule has 3 fully saturated rings. The van der Waals surface area contributed by atoms with Crippen LogP contribution in [0.5, 0.6) is 0 Å². The Balaban J connectivity index is 2.02. The van der Waals surface area contributed by atoms with Crippen molar-refractivity contribution < 1.29 is 24.2 Å². The van der Waals surface area contributed by atoms with Crippen molar-refractivity contribution in [1.82, 2.24) is 9.80 Å². The second-order valence-corrected chi connectivity index (χ2v) is 13.5. The Morgan fingerprint density at radius 3 is 2.53 bits per heavy atom. The fourth-order valence-electron chi connectivity index (χ4n) is 6.43. The number of hydrogen-bond acceptors (Lipinski definition) is 6. The molecule has 0 aromatic heterocycles. The lowest BCUT2D eigenvalue weighted by Gasteiger charge is -2.43. The van der Waals surface area contributed by atoms with Gasteiger partial charge in [0.15, 0.2) is 0 Å². The molecule has 0 radical (unpaired) electrons. The molecule has 0 aromatic carbocycles. The van der Waals surface area contributed by atoms with Crippen LogP contribution < -0.4 is 0 Å². The van der Waals surface area contributed by atoms with E-state index >= 15 is 0 Å². The minimum atomic E-state index is -0.747. The molecule has 8 heteroatoms. The van der Waals surface area contributed by atoms with E-state index in [1.54, 1.807) is 27.6 Å². The Morgan fingerprint density at radius 1 is 1.28 bits per heavy atom. The molecule has 0 saturated carbocycles. The lowest BCUT2D eigenvalue weighted by atomic mass is 9.66. The molecule has 7 nitrogen and oxygen atoms in total. The maximum Gasteiger partial charge on any atom is 0.311 e. The second kappa shape index (κ2) is 10.9. The predicted molar refractivity (Wildman–Crippen MR) is 143 cm³/mol. The van der Waals surface area contributed by atoms with Gasteiger partial charge in [-0.1, -0.05) is 19.1 Å². The number of ether oxygens (including phenoxy) is 1. The molecule has 3 saturated heterocycles. The summed E-state index contributed by atoms with van der Waals surface area (Å²) in [4.78, 5) is 45.3. The Morgan fingerprint density at radius 2 is 1.97 bits per heavy atom. The Hall–Kier alpha value is -1.80. The standard InChI is InChI=1S/C28H44N2O5S/c1-8-11-12-13-17-35-25(34)21-20-23(32)30(19(10-3)18-31)22(28(20)15-14-27(21,7)36-28)24(33)29(16-9-2)26(4,5)6/h8-9,19-22,31H,1-2,10-18H2,3-7H3/t19-,20-,21+,22?,27-,28?/m0/s1. The number of allylic oxidation sites excluding steroid dienone is 1. The van der Waals surface area contributed by atoms with Gasteiger partial charge >= 0.3 is 5.97 Å². The maximum atomic E-state index is 14.3. The highest BCUT2D eigenvalue weighted by molar-refractivity contribution is 8.02. The second-order valence-electron chi connectivity index (χ2n) is 11.6. The zero-order valence-electron chi connectivity index (χ0n) is 22.6. The molecule has 0 aliphatic carbocycles. The van der Waals surface area contributed by atoms with Crippen LogP contribution in [-0.2, 0) is 19.1 Å². The number of likely N-dealkylation sites (tertiary alicyclic amines) is 1. The number of carbonyl (C=O) groups excluding carboxylic acids is 3. The molecule has 1 N–H and O–H groups in total. The number of fused-ring (bicyclic) bond motifs is 1. The third-order valence-corrected chi connectivity index (χ3v) is 10.2. The van der Waals surface area contributed by atoms with Gasteiger partial charge in [0.2, 0.25) is 11.8 Å². The van der Waals surface area contributed by atoms with Crippen LogP contribution in [0.2, 0.25) is 0 Å². The van der Waals surface area contributed by atoms with E-state index in [1.165, 1.54) is 0 Å². The molecule has 2 amide bonds. The van der Waals surface area contributed by atoms with E-state index in [2.05, 4.69) is 13.2 Å². The number of nitrogens with zero attached hydrogens (tertiary/aromatic N) is 2. The summed E-state index contributed by atoms with van der Waals surface area (Å²) in [6, 6.07) is -1.23. The van der Waals surface area contributed by atoms with Crippen molar-refractivity contribution >= 4 is 29.5 Å². The Bertz CT molecular complexity index is 882. The van der Waals surface area contributed by atoms with Crippen molar-refractivity contribution in [3.8, 4) is 0 Å². The van der Waals surface area contributed by atoms with Crippen molar-refractivity contribution in [1.29, 1.82) is 0 Å². The molecule has 36 heavy (non-hydrogen) atoms. The molecule has 1 spiro atoms. The van der Waals surface area contributed by atoms with E-state index in [4.69, 9.17) is 4.74 Å². The number of aliphatic hydroxyl groups is 1. The van der Waals surface area contributed by atoms with Gasteiger partial charge in [-0.25, -0.2) is 0 Å². The van der Waals surface area contributed by atoms with Crippen LogP contribution in [0.3, 0.4) is 0 Å². The quantitative estimate of drug-likeness (QED) is 0.238. The molecule has 3 rings (SSSR count). The first kappa shape index (κ1) is 28.8. The van der Waals surface area contributed by atoms with Gasteiger partial charge < -0.3 is 19.6 Å². The van der Waals surface area contributed by atoms with Crippen LogP contribution in [0.25, 0.3) is 0 Å². The van der Waals surface area contributed by atoms with Crippen molar-refractivity contribution in [3.05, 3.63) is 25.3 Å². The highest BCUT2D eigenvalue weighted by atomic mass is 32.2. The Labute approximate surface area is 220 Å². The van der Waals surface area contributed by atoms with Gasteiger partial charge in [-0.2, -0.15) is 0 Å². The third-order valence-electron chi connectivity index (χ3n) is 8.21. The van der Waals surface area contributed by atoms with Crippen molar-refractivity contribution in [2.75, 3.05) is 19.8 Å². The summed E-state index contributed by atoms with van der Waals surface area (Å²) in [5.41, 5.74) is -0.482. The highest BCUT2D eigenvalue weighted by Gasteiger charge is 2.78. The number of esters is 1. The van der Waals surface area contributed by atoms with E-state index in [9.17, 15) is 19.5 Å². The van der Waals surface area contributed by atoms with Crippen molar-refractivity contribution in [2.45, 2.75) is 100 Å². The van der Waals surface area contributed by atoms with Gasteiger partial charge in [-0.15, -0.1) is 24.9 Å². The minimum Gasteiger partial charge on any atom is -0.465 e. The van der Waals surface area contributed by atoms with Gasteiger partial charge in [0, 0.05) is 16.8 Å². The topological polar surface area (TPSA) is 87.1 Å². The lowest BCUT2D eigenvalue weighted by molar-refractivity contribution is -0.156. The van der Waals surface area contributed by atoms with Crippen LogP contribution in [0.1, 0.15) is 73.1 Å². The molecule has 3 aliphatic rings. The number of hydrogen-bond donors (Lipinski definition) is 1. The smallest absolute Gasteiger partial charge is 0.311 e. The molecule has 3 aliphatic heterocycles. The number of aliphatic hydroxyl groups excluding tert-OH is 1.